The second-order valence-electron chi connectivity index (χ2n) is 12.4. The van der Waals surface area contributed by atoms with Crippen molar-refractivity contribution in [3.05, 3.63) is 102 Å². The molecular weight excluding hydrogens is 764 g/mol. The number of hydrogen-bond acceptors (Lipinski definition) is 15. The number of nitrogens with one attached hydrogen (secondary N) is 2. The number of nitrogens with zero attached hydrogens (tertiary/aromatic N) is 4. The van der Waals surface area contributed by atoms with E-state index >= 15 is 0 Å². The Balaban J connectivity index is 0.000000225. The first-order valence-corrected chi connectivity index (χ1v) is 18.4. The number of aromatic nitrogens is 4. The lowest BCUT2D eigenvalue weighted by molar-refractivity contribution is -0.162. The number of carbonyl (C=O) groups is 4. The number of methoxy groups -OCH3 is 1. The number of esters is 2. The summed E-state index contributed by atoms with van der Waals surface area (Å²) >= 11 is 0. The van der Waals surface area contributed by atoms with Crippen LogP contribution in [0.3, 0.4) is 0 Å². The highest BCUT2D eigenvalue weighted by Gasteiger charge is 2.21. The van der Waals surface area contributed by atoms with Crippen LogP contribution in [0.1, 0.15) is 54.0 Å². The van der Waals surface area contributed by atoms with E-state index in [1.807, 2.05) is 37.3 Å². The predicted molar refractivity (Wildman–Crippen MR) is 217 cm³/mol. The van der Waals surface area contributed by atoms with Gasteiger partial charge in [-0.3, -0.25) is 9.78 Å². The molecule has 0 bridgehead atoms. The smallest absolute Gasteiger partial charge is 0.344 e. The monoisotopic (exact) mass is 806 g/mol. The van der Waals surface area contributed by atoms with Crippen molar-refractivity contribution < 1.29 is 53.1 Å². The van der Waals surface area contributed by atoms with Gasteiger partial charge in [0.15, 0.2) is 11.8 Å². The van der Waals surface area contributed by atoms with Crippen molar-refractivity contribution >= 4 is 68.7 Å². The Labute approximate surface area is 338 Å². The number of carboxylic acids is 2. The van der Waals surface area contributed by atoms with Gasteiger partial charge < -0.3 is 44.5 Å². The fourth-order valence-corrected chi connectivity index (χ4v) is 5.53. The zero-order chi connectivity index (χ0) is 42.5. The average molecular weight is 807 g/mol. The zero-order valence-electron chi connectivity index (χ0n) is 32.8. The Bertz CT molecular complexity index is 2460. The van der Waals surface area contributed by atoms with E-state index < -0.39 is 30.0 Å². The number of fused-ring (bicyclic) bond motifs is 2. The quantitative estimate of drug-likeness (QED) is 0.0722. The second-order valence-corrected chi connectivity index (χ2v) is 12.4. The molecule has 306 valence electrons. The van der Waals surface area contributed by atoms with E-state index in [4.69, 9.17) is 28.8 Å². The minimum Gasteiger partial charge on any atom is -0.497 e. The molecule has 4 aromatic heterocycles. The summed E-state index contributed by atoms with van der Waals surface area (Å²) < 4.78 is 26.0. The van der Waals surface area contributed by atoms with E-state index in [-0.39, 0.29) is 29.9 Å². The van der Waals surface area contributed by atoms with Crippen molar-refractivity contribution in [2.75, 3.05) is 37.6 Å². The molecule has 0 aliphatic heterocycles. The van der Waals surface area contributed by atoms with Crippen LogP contribution in [0.25, 0.3) is 22.1 Å². The summed E-state index contributed by atoms with van der Waals surface area (Å²) in [5.41, 5.74) is 4.60. The maximum atomic E-state index is 12.5. The van der Waals surface area contributed by atoms with Crippen LogP contribution in [0.15, 0.2) is 85.3 Å². The Hall–Kier alpha value is -7.56. The third-order valence-electron chi connectivity index (χ3n) is 8.28. The third-order valence-corrected chi connectivity index (χ3v) is 8.28. The summed E-state index contributed by atoms with van der Waals surface area (Å²) in [6.07, 6.45) is 3.28. The molecular formula is C42H42N6O11. The number of rotatable bonds is 16. The number of pyridine rings is 4. The van der Waals surface area contributed by atoms with E-state index in [0.717, 1.165) is 22.5 Å². The molecule has 59 heavy (non-hydrogen) atoms. The number of aromatic carboxylic acids is 1. The summed E-state index contributed by atoms with van der Waals surface area (Å²) in [5, 5.41) is 25.5. The van der Waals surface area contributed by atoms with E-state index in [9.17, 15) is 24.3 Å². The van der Waals surface area contributed by atoms with Gasteiger partial charge in [-0.25, -0.2) is 29.3 Å². The standard InChI is InChI=1S/C22H23N3O6.C20H19N3O5/c1-4-29-17-9-7-13(11-14(17)21(26)27)24-19-15(22(28)31-6-3)12-23-16-8-10-18(30-5-2)25-20(16)19;1-12(20(25)26)28-18(24)10-13-9-16-17(7-8-21-19(16)22-11-13)23-14-3-5-15(27-2)6-4-14/h7-12H,4-6H2,1-3H3,(H,23,24)(H,26,27);3-9,11-12H,10H2,1-2H3,(H,25,26)(H,21,22,23). The van der Waals surface area contributed by atoms with Gasteiger partial charge >= 0.3 is 23.9 Å². The molecule has 0 saturated carbocycles. The molecule has 17 heteroatoms. The Kier molecular flexibility index (Phi) is 14.5. The molecule has 6 rings (SSSR count). The minimum atomic E-state index is -1.20. The van der Waals surface area contributed by atoms with Gasteiger partial charge in [0.1, 0.15) is 28.1 Å². The second kappa shape index (κ2) is 20.0. The van der Waals surface area contributed by atoms with Crippen molar-refractivity contribution in [1.29, 1.82) is 0 Å². The normalized spacial score (nSPS) is 11.1. The van der Waals surface area contributed by atoms with Gasteiger partial charge in [0.2, 0.25) is 5.88 Å². The van der Waals surface area contributed by atoms with Crippen LogP contribution in [-0.4, -0.2) is 87.1 Å². The minimum absolute atomic E-state index is 0.00846. The molecule has 0 aliphatic carbocycles. The van der Waals surface area contributed by atoms with Gasteiger partial charge in [0, 0.05) is 41.4 Å². The molecule has 2 aromatic carbocycles. The largest absolute Gasteiger partial charge is 0.497 e. The van der Waals surface area contributed by atoms with Crippen LogP contribution in [-0.2, 0) is 25.5 Å². The average Bonchev–Trinajstić information content (AvgIpc) is 3.22. The number of benzene rings is 2. The van der Waals surface area contributed by atoms with Gasteiger partial charge in [-0.05, 0) is 93.9 Å². The number of carboxylic acid groups (broad SMARTS) is 2. The molecule has 1 unspecified atom stereocenters. The van der Waals surface area contributed by atoms with Crippen LogP contribution in [0.4, 0.5) is 22.7 Å². The Morgan fingerprint density at radius 1 is 0.780 bits per heavy atom. The van der Waals surface area contributed by atoms with Crippen LogP contribution < -0.4 is 24.8 Å². The number of aliphatic carboxylic acids is 1. The summed E-state index contributed by atoms with van der Waals surface area (Å²) in [6, 6.07) is 19.1. The summed E-state index contributed by atoms with van der Waals surface area (Å²) in [7, 11) is 1.61. The van der Waals surface area contributed by atoms with Crippen molar-refractivity contribution in [3.8, 4) is 17.4 Å². The Morgan fingerprint density at radius 2 is 1.53 bits per heavy atom. The molecule has 4 N–H and O–H groups in total. The Morgan fingerprint density at radius 3 is 2.20 bits per heavy atom. The van der Waals surface area contributed by atoms with E-state index in [1.165, 1.54) is 25.4 Å². The highest BCUT2D eigenvalue weighted by atomic mass is 16.6. The summed E-state index contributed by atoms with van der Waals surface area (Å²) in [4.78, 5) is 64.3. The van der Waals surface area contributed by atoms with Gasteiger partial charge in [-0.15, -0.1) is 0 Å². The molecule has 0 radical (unpaired) electrons. The first-order chi connectivity index (χ1) is 28.4. The van der Waals surface area contributed by atoms with E-state index in [0.29, 0.717) is 52.7 Å². The number of carbonyl (C=O) groups excluding carboxylic acids is 2. The molecule has 0 aliphatic rings. The molecule has 4 heterocycles. The van der Waals surface area contributed by atoms with Crippen LogP contribution in [0, 0.1) is 0 Å². The lowest BCUT2D eigenvalue weighted by Gasteiger charge is -2.15. The SMILES string of the molecule is CCOC(=O)c1cnc2ccc(OCC)nc2c1Nc1ccc(OCC)c(C(=O)O)c1.COc1ccc(Nc2ccnc3ncc(CC(=O)OC(C)C(=O)O)cc23)cc1. The van der Waals surface area contributed by atoms with E-state index in [2.05, 4.69) is 30.6 Å². The maximum Gasteiger partial charge on any atom is 0.344 e. The van der Waals surface area contributed by atoms with Crippen LogP contribution in [0.5, 0.6) is 17.4 Å². The van der Waals surface area contributed by atoms with Gasteiger partial charge in [0.25, 0.3) is 0 Å². The van der Waals surface area contributed by atoms with Crippen molar-refractivity contribution in [2.45, 2.75) is 40.2 Å². The molecule has 0 fully saturated rings. The van der Waals surface area contributed by atoms with Crippen LogP contribution >= 0.6 is 0 Å². The molecule has 0 saturated heterocycles. The zero-order valence-corrected chi connectivity index (χ0v) is 32.8. The maximum absolute atomic E-state index is 12.5. The molecule has 17 nitrogen and oxygen atoms in total. The van der Waals surface area contributed by atoms with Gasteiger partial charge in [0.05, 0.1) is 50.2 Å². The topological polar surface area (TPSA) is 231 Å². The predicted octanol–water partition coefficient (Wildman–Crippen LogP) is 6.99. The summed E-state index contributed by atoms with van der Waals surface area (Å²) in [5.74, 6) is -2.16. The highest BCUT2D eigenvalue weighted by Crippen LogP contribution is 2.32. The lowest BCUT2D eigenvalue weighted by Crippen LogP contribution is -2.24. The number of ether oxygens (including phenoxy) is 5. The molecule has 0 spiro atoms. The highest BCUT2D eigenvalue weighted by molar-refractivity contribution is 6.05. The van der Waals surface area contributed by atoms with Crippen LogP contribution in [0.2, 0.25) is 0 Å². The molecule has 0 amide bonds. The van der Waals surface area contributed by atoms with Crippen molar-refractivity contribution in [3.63, 3.8) is 0 Å². The van der Waals surface area contributed by atoms with Crippen molar-refractivity contribution in [1.82, 2.24) is 19.9 Å². The van der Waals surface area contributed by atoms with Gasteiger partial charge in [-0.2, -0.15) is 0 Å². The fourth-order valence-electron chi connectivity index (χ4n) is 5.53. The lowest BCUT2D eigenvalue weighted by atomic mass is 10.1. The first-order valence-electron chi connectivity index (χ1n) is 18.4. The number of anilines is 4. The van der Waals surface area contributed by atoms with Crippen molar-refractivity contribution in [2.24, 2.45) is 0 Å². The first kappa shape index (κ1) is 42.6. The van der Waals surface area contributed by atoms with Gasteiger partial charge in [-0.1, -0.05) is 0 Å². The molecule has 1 atom stereocenters. The third kappa shape index (κ3) is 11.1. The number of hydrogen-bond donors (Lipinski definition) is 4. The molecule has 6 aromatic rings. The van der Waals surface area contributed by atoms with E-state index in [1.54, 1.807) is 57.5 Å². The summed E-state index contributed by atoms with van der Waals surface area (Å²) in [6.45, 7) is 7.57. The fraction of sp³-hybridized carbons (Fsp3) is 0.238.